The van der Waals surface area contributed by atoms with Crippen molar-refractivity contribution in [3.8, 4) is 5.75 Å². The summed E-state index contributed by atoms with van der Waals surface area (Å²) in [6, 6.07) is 4.49. The molecule has 0 spiro atoms. The van der Waals surface area contributed by atoms with E-state index < -0.39 is 68.3 Å². The minimum atomic E-state index is -4.62. The largest absolute Gasteiger partial charge is 0.744 e. The first-order valence-corrected chi connectivity index (χ1v) is 11.5. The molecule has 184 valence electrons. The summed E-state index contributed by atoms with van der Waals surface area (Å²) in [7, 11) is -4.62. The first-order chi connectivity index (χ1) is 14.4. The van der Waals surface area contributed by atoms with Gasteiger partial charge in [-0.05, 0) is 51.0 Å². The summed E-state index contributed by atoms with van der Waals surface area (Å²) < 4.78 is 49.7. The number of fused-ring (bicyclic) bond motifs is 1. The monoisotopic (exact) mass is 483 g/mol. The zero-order chi connectivity index (χ0) is 22.7. The van der Waals surface area contributed by atoms with Gasteiger partial charge < -0.3 is 18.8 Å². The minimum Gasteiger partial charge on any atom is -0.744 e. The number of rotatable bonds is 6. The average molecular weight is 484 g/mol. The molecule has 0 N–H and O–H groups in total. The predicted octanol–water partition coefficient (Wildman–Crippen LogP) is 2.92. The number of hydrogen-bond donors (Lipinski definition) is 0. The Bertz CT molecular complexity index is 1030. The number of esters is 3. The van der Waals surface area contributed by atoms with Crippen LogP contribution in [0.15, 0.2) is 29.2 Å². The second-order valence-electron chi connectivity index (χ2n) is 8.97. The molecule has 1 aliphatic heterocycles. The number of carbonyl (C=O) groups excluding carboxylic acids is 3. The molecule has 6 atom stereocenters. The van der Waals surface area contributed by atoms with E-state index in [9.17, 15) is 27.4 Å². The summed E-state index contributed by atoms with van der Waals surface area (Å²) in [6.07, 6.45) is -0.180. The van der Waals surface area contributed by atoms with Crippen LogP contribution in [0.2, 0.25) is 0 Å². The minimum absolute atomic E-state index is 0. The smallest absolute Gasteiger partial charge is 0.315 e. The fourth-order valence-electron chi connectivity index (χ4n) is 4.75. The fourth-order valence-corrected chi connectivity index (χ4v) is 5.22. The molecule has 2 saturated carbocycles. The highest BCUT2D eigenvalue weighted by Crippen LogP contribution is 2.59. The van der Waals surface area contributed by atoms with Crippen LogP contribution in [0.4, 0.5) is 0 Å². The van der Waals surface area contributed by atoms with Gasteiger partial charge >= 0.3 is 17.9 Å². The lowest BCUT2D eigenvalue weighted by Gasteiger charge is -2.32. The van der Waals surface area contributed by atoms with E-state index in [1.54, 1.807) is 13.8 Å². The Hall–Kier alpha value is -2.46. The molecule has 3 fully saturated rings. The van der Waals surface area contributed by atoms with Crippen LogP contribution in [-0.4, -0.2) is 43.1 Å². The molecule has 0 radical (unpaired) electrons. The Kier molecular flexibility index (Phi) is 7.35. The number of hydrogen-bond acceptors (Lipinski definition) is 9. The van der Waals surface area contributed by atoms with Crippen molar-refractivity contribution in [1.82, 2.24) is 0 Å². The van der Waals surface area contributed by atoms with Crippen LogP contribution in [0, 0.1) is 29.1 Å². The van der Waals surface area contributed by atoms with Crippen molar-refractivity contribution in [2.24, 2.45) is 29.1 Å². The van der Waals surface area contributed by atoms with Crippen molar-refractivity contribution in [3.05, 3.63) is 24.3 Å². The molecule has 1 heterocycles. The highest BCUT2D eigenvalue weighted by Gasteiger charge is 2.70. The lowest BCUT2D eigenvalue weighted by molar-refractivity contribution is -0.172. The van der Waals surface area contributed by atoms with Crippen LogP contribution >= 0.6 is 0 Å². The first kappa shape index (κ1) is 26.8. The summed E-state index contributed by atoms with van der Waals surface area (Å²) in [5, 5.41) is 0. The van der Waals surface area contributed by atoms with Gasteiger partial charge in [-0.15, -0.1) is 0 Å². The second kappa shape index (κ2) is 9.06. The SMILES string of the molecule is C.C.CCC(C)(C)C(=O)OC1C2CC3C1OC(=O)C3C2C(=O)Oc1ccc(S(=O)(=O)[O-])cc1. The summed E-state index contributed by atoms with van der Waals surface area (Å²) in [6.45, 7) is 5.41. The highest BCUT2D eigenvalue weighted by molar-refractivity contribution is 7.85. The molecule has 2 aliphatic carbocycles. The van der Waals surface area contributed by atoms with Crippen LogP contribution in [0.25, 0.3) is 0 Å². The van der Waals surface area contributed by atoms with E-state index >= 15 is 0 Å². The van der Waals surface area contributed by atoms with Gasteiger partial charge in [-0.3, -0.25) is 14.4 Å². The molecule has 1 saturated heterocycles. The van der Waals surface area contributed by atoms with E-state index in [0.29, 0.717) is 12.8 Å². The maximum Gasteiger partial charge on any atom is 0.315 e. The second-order valence-corrected chi connectivity index (χ2v) is 10.4. The number of carbonyl (C=O) groups is 3. The molecular weight excluding hydrogens is 452 g/mol. The Morgan fingerprint density at radius 3 is 2.30 bits per heavy atom. The summed E-state index contributed by atoms with van der Waals surface area (Å²) >= 11 is 0. The van der Waals surface area contributed by atoms with E-state index in [2.05, 4.69) is 0 Å². The van der Waals surface area contributed by atoms with Gasteiger partial charge in [0.15, 0.2) is 0 Å². The van der Waals surface area contributed by atoms with E-state index in [1.165, 1.54) is 12.1 Å². The van der Waals surface area contributed by atoms with Gasteiger partial charge in [-0.2, -0.15) is 0 Å². The molecule has 10 heteroatoms. The molecule has 1 aromatic rings. The third-order valence-electron chi connectivity index (χ3n) is 6.83. The molecule has 6 unspecified atom stereocenters. The average Bonchev–Trinajstić information content (AvgIpc) is 3.31. The van der Waals surface area contributed by atoms with Crippen molar-refractivity contribution in [2.45, 2.75) is 65.6 Å². The normalized spacial score (nSPS) is 29.5. The molecule has 4 rings (SSSR count). The van der Waals surface area contributed by atoms with Crippen molar-refractivity contribution in [3.63, 3.8) is 0 Å². The maximum absolute atomic E-state index is 13.0. The quantitative estimate of drug-likeness (QED) is 0.340. The van der Waals surface area contributed by atoms with Crippen molar-refractivity contribution in [1.29, 1.82) is 0 Å². The summed E-state index contributed by atoms with van der Waals surface area (Å²) in [4.78, 5) is 37.5. The Balaban J connectivity index is 0.00000193. The van der Waals surface area contributed by atoms with Gasteiger partial charge in [0.1, 0.15) is 28.1 Å². The highest BCUT2D eigenvalue weighted by atomic mass is 32.2. The predicted molar refractivity (Wildman–Crippen MR) is 116 cm³/mol. The number of benzene rings is 1. The fraction of sp³-hybridized carbons (Fsp3) is 0.609. The molecular formula is C23H31O9S-. The van der Waals surface area contributed by atoms with Crippen LogP contribution in [0.3, 0.4) is 0 Å². The lowest BCUT2D eigenvalue weighted by atomic mass is 9.78. The summed E-state index contributed by atoms with van der Waals surface area (Å²) in [5.41, 5.74) is -0.705. The lowest BCUT2D eigenvalue weighted by Crippen LogP contribution is -2.45. The van der Waals surface area contributed by atoms with Gasteiger partial charge in [0.25, 0.3) is 0 Å². The molecule has 2 bridgehead atoms. The zero-order valence-corrected chi connectivity index (χ0v) is 18.1. The van der Waals surface area contributed by atoms with E-state index in [-0.39, 0.29) is 26.5 Å². The molecule has 9 nitrogen and oxygen atoms in total. The number of ether oxygens (including phenoxy) is 3. The van der Waals surface area contributed by atoms with Gasteiger partial charge in [-0.1, -0.05) is 21.8 Å². The topological polar surface area (TPSA) is 136 Å². The van der Waals surface area contributed by atoms with E-state index in [0.717, 1.165) is 12.1 Å². The molecule has 3 aliphatic rings. The van der Waals surface area contributed by atoms with Gasteiger partial charge in [0.2, 0.25) is 0 Å². The van der Waals surface area contributed by atoms with E-state index in [4.69, 9.17) is 14.2 Å². The van der Waals surface area contributed by atoms with Gasteiger partial charge in [0, 0.05) is 11.8 Å². The van der Waals surface area contributed by atoms with Crippen LogP contribution in [0.5, 0.6) is 5.75 Å². The van der Waals surface area contributed by atoms with Crippen LogP contribution < -0.4 is 4.74 Å². The van der Waals surface area contributed by atoms with E-state index in [1.807, 2.05) is 6.92 Å². The Labute approximate surface area is 194 Å². The standard InChI is InChI=1S/C21H24O9S.2CH4/c1-4-21(2,3)20(24)30-17-13-9-12-15(19(23)29-16(12)17)14(13)18(22)28-10-5-7-11(8-6-10)31(25,26)27;;/h5-8,12-17H,4,9H2,1-3H3,(H,25,26,27);2*1H4/p-1. The molecule has 33 heavy (non-hydrogen) atoms. The molecule has 0 amide bonds. The Morgan fingerprint density at radius 1 is 1.15 bits per heavy atom. The molecule has 0 aromatic heterocycles. The van der Waals surface area contributed by atoms with Gasteiger partial charge in [0.05, 0.1) is 22.1 Å². The third-order valence-corrected chi connectivity index (χ3v) is 7.68. The third kappa shape index (κ3) is 4.50. The first-order valence-electron chi connectivity index (χ1n) is 10.1. The van der Waals surface area contributed by atoms with Crippen molar-refractivity contribution < 1.29 is 41.6 Å². The van der Waals surface area contributed by atoms with Crippen molar-refractivity contribution >= 4 is 28.0 Å². The Morgan fingerprint density at radius 2 is 1.76 bits per heavy atom. The van der Waals surface area contributed by atoms with Crippen molar-refractivity contribution in [2.75, 3.05) is 0 Å². The maximum atomic E-state index is 13.0. The van der Waals surface area contributed by atoms with Crippen LogP contribution in [-0.2, 0) is 34.0 Å². The summed E-state index contributed by atoms with van der Waals surface area (Å²) in [5.74, 6) is -3.65. The zero-order valence-electron chi connectivity index (χ0n) is 17.3. The van der Waals surface area contributed by atoms with Gasteiger partial charge in [-0.25, -0.2) is 8.42 Å². The molecule has 1 aromatic carbocycles. The van der Waals surface area contributed by atoms with Crippen LogP contribution in [0.1, 0.15) is 48.5 Å².